The zero-order valence-electron chi connectivity index (χ0n) is 8.77. The van der Waals surface area contributed by atoms with Crippen molar-refractivity contribution in [1.82, 2.24) is 4.57 Å². The smallest absolute Gasteiger partial charge is 0.257 e. The molecule has 1 heterocycles. The minimum Gasteiger partial charge on any atom is -0.388 e. The van der Waals surface area contributed by atoms with Crippen LogP contribution in [0.1, 0.15) is 0 Å². The third-order valence-corrected chi connectivity index (χ3v) is 2.64. The van der Waals surface area contributed by atoms with Crippen LogP contribution in [0, 0.1) is 0 Å². The van der Waals surface area contributed by atoms with Crippen LogP contribution < -0.4 is 10.9 Å². The molecule has 0 spiro atoms. The fourth-order valence-corrected chi connectivity index (χ4v) is 1.71. The molecule has 0 fully saturated rings. The molecule has 0 aliphatic rings. The summed E-state index contributed by atoms with van der Waals surface area (Å²) in [4.78, 5) is 11.8. The zero-order chi connectivity index (χ0) is 11.5. The van der Waals surface area contributed by atoms with Crippen LogP contribution in [0.4, 0.5) is 5.69 Å². The van der Waals surface area contributed by atoms with Crippen LogP contribution in [-0.2, 0) is 0 Å². The molecule has 0 radical (unpaired) electrons. The van der Waals surface area contributed by atoms with Gasteiger partial charge in [0.25, 0.3) is 5.56 Å². The van der Waals surface area contributed by atoms with E-state index in [1.54, 1.807) is 19.3 Å². The fourth-order valence-electron chi connectivity index (χ4n) is 1.48. The van der Waals surface area contributed by atoms with Crippen molar-refractivity contribution < 1.29 is 0 Å². The molecular formula is C12H11ClN2O. The summed E-state index contributed by atoms with van der Waals surface area (Å²) in [5.74, 6) is 0. The van der Waals surface area contributed by atoms with E-state index < -0.39 is 0 Å². The van der Waals surface area contributed by atoms with Gasteiger partial charge in [-0.2, -0.15) is 0 Å². The lowest BCUT2D eigenvalue weighted by Crippen LogP contribution is -2.17. The number of aromatic nitrogens is 1. The third kappa shape index (κ3) is 1.95. The number of nitrogens with one attached hydrogen (secondary N) is 1. The maximum Gasteiger partial charge on any atom is 0.257 e. The van der Waals surface area contributed by atoms with Gasteiger partial charge in [-0.05, 0) is 18.2 Å². The quantitative estimate of drug-likeness (QED) is 0.867. The molecule has 0 unspecified atom stereocenters. The molecule has 1 aromatic carbocycles. The van der Waals surface area contributed by atoms with E-state index in [9.17, 15) is 4.79 Å². The van der Waals surface area contributed by atoms with E-state index in [0.29, 0.717) is 10.7 Å². The number of anilines is 1. The maximum absolute atomic E-state index is 11.8. The average molecular weight is 235 g/mol. The molecule has 16 heavy (non-hydrogen) atoms. The molecule has 3 nitrogen and oxygen atoms in total. The van der Waals surface area contributed by atoms with Crippen LogP contribution in [0.25, 0.3) is 5.69 Å². The van der Waals surface area contributed by atoms with Gasteiger partial charge in [0.05, 0.1) is 10.7 Å². The van der Waals surface area contributed by atoms with Gasteiger partial charge in [-0.1, -0.05) is 23.7 Å². The van der Waals surface area contributed by atoms with Crippen LogP contribution in [0.2, 0.25) is 5.02 Å². The Morgan fingerprint density at radius 2 is 2.00 bits per heavy atom. The molecular weight excluding hydrogens is 224 g/mol. The molecule has 4 heteroatoms. The van der Waals surface area contributed by atoms with Crippen molar-refractivity contribution in [2.24, 2.45) is 0 Å². The van der Waals surface area contributed by atoms with Crippen molar-refractivity contribution in [1.29, 1.82) is 0 Å². The van der Waals surface area contributed by atoms with Crippen molar-refractivity contribution >= 4 is 17.3 Å². The number of hydrogen-bond acceptors (Lipinski definition) is 2. The summed E-state index contributed by atoms with van der Waals surface area (Å²) >= 11 is 6.03. The first-order chi connectivity index (χ1) is 7.72. The van der Waals surface area contributed by atoms with E-state index >= 15 is 0 Å². The number of nitrogens with zero attached hydrogens (tertiary/aromatic N) is 1. The van der Waals surface area contributed by atoms with Crippen LogP contribution in [0.15, 0.2) is 47.4 Å². The van der Waals surface area contributed by atoms with Crippen LogP contribution in [-0.4, -0.2) is 11.6 Å². The normalized spacial score (nSPS) is 10.1. The Balaban J connectivity index is 2.58. The second kappa shape index (κ2) is 4.41. The molecule has 0 aliphatic heterocycles. The summed E-state index contributed by atoms with van der Waals surface area (Å²) in [5, 5.41) is 3.47. The summed E-state index contributed by atoms with van der Waals surface area (Å²) in [7, 11) is 1.77. The first-order valence-electron chi connectivity index (χ1n) is 4.88. The van der Waals surface area contributed by atoms with Gasteiger partial charge >= 0.3 is 0 Å². The summed E-state index contributed by atoms with van der Waals surface area (Å²) in [6, 6.07) is 10.6. The van der Waals surface area contributed by atoms with E-state index in [0.717, 1.165) is 5.69 Å². The fraction of sp³-hybridized carbons (Fsp3) is 0.0833. The van der Waals surface area contributed by atoms with E-state index in [2.05, 4.69) is 5.32 Å². The van der Waals surface area contributed by atoms with Crippen LogP contribution in [0.5, 0.6) is 0 Å². The minimum absolute atomic E-state index is 0.111. The first kappa shape index (κ1) is 10.8. The highest BCUT2D eigenvalue weighted by Gasteiger charge is 2.03. The van der Waals surface area contributed by atoms with Gasteiger partial charge in [0, 0.05) is 25.0 Å². The van der Waals surface area contributed by atoms with Crippen molar-refractivity contribution in [2.75, 3.05) is 12.4 Å². The number of halogens is 1. The lowest BCUT2D eigenvalue weighted by atomic mass is 10.3. The average Bonchev–Trinajstić information content (AvgIpc) is 2.30. The van der Waals surface area contributed by atoms with Gasteiger partial charge < -0.3 is 5.32 Å². The molecule has 1 N–H and O–H groups in total. The molecule has 0 amide bonds. The highest BCUT2D eigenvalue weighted by atomic mass is 35.5. The topological polar surface area (TPSA) is 34.0 Å². The predicted octanol–water partition coefficient (Wildman–Crippen LogP) is 2.53. The predicted molar refractivity (Wildman–Crippen MR) is 66.6 cm³/mol. The summed E-state index contributed by atoms with van der Waals surface area (Å²) in [6.45, 7) is 0. The number of pyridine rings is 1. The molecule has 0 saturated heterocycles. The number of hydrogen-bond donors (Lipinski definition) is 1. The van der Waals surface area contributed by atoms with Gasteiger partial charge in [0.1, 0.15) is 0 Å². The van der Waals surface area contributed by atoms with E-state index in [4.69, 9.17) is 11.6 Å². The zero-order valence-corrected chi connectivity index (χ0v) is 9.53. The Hall–Kier alpha value is -1.74. The van der Waals surface area contributed by atoms with E-state index in [-0.39, 0.29) is 5.56 Å². The largest absolute Gasteiger partial charge is 0.388 e. The Bertz CT molecular complexity index is 563. The van der Waals surface area contributed by atoms with Gasteiger partial charge in [-0.3, -0.25) is 9.36 Å². The van der Waals surface area contributed by atoms with Crippen molar-refractivity contribution in [3.8, 4) is 5.69 Å². The van der Waals surface area contributed by atoms with Crippen molar-refractivity contribution in [3.05, 3.63) is 58.0 Å². The molecule has 2 rings (SSSR count). The van der Waals surface area contributed by atoms with E-state index in [1.165, 1.54) is 10.6 Å². The monoisotopic (exact) mass is 234 g/mol. The summed E-state index contributed by atoms with van der Waals surface area (Å²) < 4.78 is 1.52. The third-order valence-electron chi connectivity index (χ3n) is 2.32. The van der Waals surface area contributed by atoms with Crippen LogP contribution >= 0.6 is 11.6 Å². The molecule has 0 atom stereocenters. The van der Waals surface area contributed by atoms with Gasteiger partial charge in [-0.15, -0.1) is 0 Å². The lowest BCUT2D eigenvalue weighted by Gasteiger charge is -2.08. The second-order valence-corrected chi connectivity index (χ2v) is 3.73. The van der Waals surface area contributed by atoms with Gasteiger partial charge in [0.2, 0.25) is 0 Å². The van der Waals surface area contributed by atoms with Crippen LogP contribution in [0.3, 0.4) is 0 Å². The highest BCUT2D eigenvalue weighted by molar-refractivity contribution is 6.32. The SMILES string of the molecule is CNc1ccn(-c2ccccc2Cl)c(=O)c1. The molecule has 0 aliphatic carbocycles. The molecule has 2 aromatic rings. The molecule has 0 saturated carbocycles. The van der Waals surface area contributed by atoms with Crippen molar-refractivity contribution in [3.63, 3.8) is 0 Å². The van der Waals surface area contributed by atoms with E-state index in [1.807, 2.05) is 24.3 Å². The molecule has 0 bridgehead atoms. The lowest BCUT2D eigenvalue weighted by molar-refractivity contribution is 0.991. The summed E-state index contributed by atoms with van der Waals surface area (Å²) in [6.07, 6.45) is 1.70. The van der Waals surface area contributed by atoms with Gasteiger partial charge in [-0.25, -0.2) is 0 Å². The minimum atomic E-state index is -0.111. The number of para-hydroxylation sites is 1. The molecule has 1 aromatic heterocycles. The highest BCUT2D eigenvalue weighted by Crippen LogP contribution is 2.18. The standard InChI is InChI=1S/C12H11ClN2O/c1-14-9-6-7-15(12(16)8-9)11-5-3-2-4-10(11)13/h2-8,14H,1H3. The number of rotatable bonds is 2. The molecule has 82 valence electrons. The Kier molecular flexibility index (Phi) is 2.97. The van der Waals surface area contributed by atoms with Gasteiger partial charge in [0.15, 0.2) is 0 Å². The summed E-state index contributed by atoms with van der Waals surface area (Å²) in [5.41, 5.74) is 1.37. The first-order valence-corrected chi connectivity index (χ1v) is 5.25. The van der Waals surface area contributed by atoms with Crippen molar-refractivity contribution in [2.45, 2.75) is 0 Å². The second-order valence-electron chi connectivity index (χ2n) is 3.33. The maximum atomic E-state index is 11.8. The Morgan fingerprint density at radius 3 is 2.62 bits per heavy atom. The number of benzene rings is 1. The Morgan fingerprint density at radius 1 is 1.25 bits per heavy atom. The Labute approximate surface area is 98.3 Å².